The Hall–Kier alpha value is -2.22. The maximum absolute atomic E-state index is 11.6. The van der Waals surface area contributed by atoms with Gasteiger partial charge in [0.2, 0.25) is 0 Å². The lowest BCUT2D eigenvalue weighted by Gasteiger charge is -2.34. The van der Waals surface area contributed by atoms with Gasteiger partial charge in [0.05, 0.1) is 0 Å². The van der Waals surface area contributed by atoms with Crippen LogP contribution in [-0.2, 0) is 9.59 Å². The second-order valence-electron chi connectivity index (χ2n) is 12.3. The molecule has 2 heteroatoms. The number of carbonyl (C=O) groups excluding carboxylic acids is 2. The third kappa shape index (κ3) is 9.02. The van der Waals surface area contributed by atoms with Crippen LogP contribution in [0.5, 0.6) is 0 Å². The highest BCUT2D eigenvalue weighted by Gasteiger charge is 2.33. The molecule has 0 saturated heterocycles. The molecule has 0 spiro atoms. The van der Waals surface area contributed by atoms with Gasteiger partial charge in [0, 0.05) is 0 Å². The van der Waals surface area contributed by atoms with Gasteiger partial charge < -0.3 is 0 Å². The van der Waals surface area contributed by atoms with E-state index in [0.29, 0.717) is 5.92 Å². The van der Waals surface area contributed by atoms with Crippen molar-refractivity contribution in [2.24, 2.45) is 16.7 Å². The molecular weight excluding hydrogens is 440 g/mol. The second-order valence-corrected chi connectivity index (χ2v) is 12.3. The molecule has 2 rings (SSSR count). The smallest absolute Gasteiger partial charge is 0.152 e. The van der Waals surface area contributed by atoms with Crippen LogP contribution in [0.1, 0.15) is 113 Å². The van der Waals surface area contributed by atoms with Gasteiger partial charge in [-0.05, 0) is 114 Å². The lowest BCUT2D eigenvalue weighted by molar-refractivity contribution is -0.113. The molecule has 0 unspecified atom stereocenters. The summed E-state index contributed by atoms with van der Waals surface area (Å²) in [5.74, 6) is 0.785. The fraction of sp³-hybridized carbons (Fsp3) is 0.588. The maximum Gasteiger partial charge on any atom is 0.152 e. The average Bonchev–Trinajstić information content (AvgIpc) is 3.03. The summed E-state index contributed by atoms with van der Waals surface area (Å²) in [6.45, 7) is 17.2. The van der Waals surface area contributed by atoms with E-state index in [-0.39, 0.29) is 22.4 Å². The van der Waals surface area contributed by atoms with Crippen molar-refractivity contribution in [3.63, 3.8) is 0 Å². The van der Waals surface area contributed by atoms with E-state index in [0.717, 1.165) is 38.5 Å². The predicted molar refractivity (Wildman–Crippen MR) is 155 cm³/mol. The van der Waals surface area contributed by atoms with Gasteiger partial charge in [-0.3, -0.25) is 9.59 Å². The molecule has 0 aromatic carbocycles. The average molecular weight is 491 g/mol. The minimum absolute atomic E-state index is 0.0855. The molecule has 0 aliphatic heterocycles. The molecule has 0 amide bonds. The molecule has 2 aliphatic rings. The highest BCUT2D eigenvalue weighted by atomic mass is 16.1. The first-order valence-corrected chi connectivity index (χ1v) is 13.9. The number of allylic oxidation sites excluding steroid dienone is 12. The van der Waals surface area contributed by atoms with Gasteiger partial charge in [0.15, 0.2) is 11.6 Å². The van der Waals surface area contributed by atoms with E-state index in [4.69, 9.17) is 0 Å². The lowest BCUT2D eigenvalue weighted by Crippen LogP contribution is -2.20. The largest absolute Gasteiger partial charge is 0.295 e. The van der Waals surface area contributed by atoms with Gasteiger partial charge in [-0.15, -0.1) is 0 Å². The van der Waals surface area contributed by atoms with Crippen molar-refractivity contribution in [2.45, 2.75) is 113 Å². The SMILES string of the molecule is CC(=O)/C=C/C(=C/CC1=C(C)CCCC1(C)C)CCCC(/C=C/C(C)=O)=C\C[C@H]1CC=C(C)C1(C)C. The molecule has 0 saturated carbocycles. The second kappa shape index (κ2) is 13.4. The summed E-state index contributed by atoms with van der Waals surface area (Å²) in [6, 6.07) is 0. The van der Waals surface area contributed by atoms with Crippen LogP contribution >= 0.6 is 0 Å². The molecule has 0 heterocycles. The van der Waals surface area contributed by atoms with Gasteiger partial charge in [-0.2, -0.15) is 0 Å². The number of hydrogen-bond donors (Lipinski definition) is 0. The van der Waals surface area contributed by atoms with E-state index in [9.17, 15) is 9.59 Å². The zero-order valence-electron chi connectivity index (χ0n) is 24.3. The Kier molecular flexibility index (Phi) is 11.1. The summed E-state index contributed by atoms with van der Waals surface area (Å²) in [5.41, 5.74) is 7.56. The maximum atomic E-state index is 11.6. The molecule has 36 heavy (non-hydrogen) atoms. The molecule has 2 aliphatic carbocycles. The first kappa shape index (κ1) is 30.0. The predicted octanol–water partition coefficient (Wildman–Crippen LogP) is 9.60. The van der Waals surface area contributed by atoms with Gasteiger partial charge in [0.25, 0.3) is 0 Å². The van der Waals surface area contributed by atoms with Crippen LogP contribution in [0.15, 0.2) is 70.4 Å². The van der Waals surface area contributed by atoms with Crippen molar-refractivity contribution in [3.8, 4) is 0 Å². The first-order valence-electron chi connectivity index (χ1n) is 13.9. The molecule has 0 aromatic heterocycles. The van der Waals surface area contributed by atoms with Crippen molar-refractivity contribution < 1.29 is 9.59 Å². The van der Waals surface area contributed by atoms with Crippen LogP contribution in [0, 0.1) is 16.7 Å². The third-order valence-electron chi connectivity index (χ3n) is 8.66. The zero-order chi connectivity index (χ0) is 26.9. The fourth-order valence-corrected chi connectivity index (χ4v) is 5.69. The Morgan fingerprint density at radius 3 is 2.00 bits per heavy atom. The van der Waals surface area contributed by atoms with Crippen molar-refractivity contribution >= 4 is 11.6 Å². The summed E-state index contributed by atoms with van der Waals surface area (Å²) in [4.78, 5) is 23.3. The molecule has 198 valence electrons. The molecule has 0 aromatic rings. The highest BCUT2D eigenvalue weighted by Crippen LogP contribution is 2.45. The number of carbonyl (C=O) groups is 2. The van der Waals surface area contributed by atoms with E-state index in [1.165, 1.54) is 41.6 Å². The van der Waals surface area contributed by atoms with E-state index in [1.54, 1.807) is 31.6 Å². The monoisotopic (exact) mass is 490 g/mol. The standard InChI is InChI=1S/C34H50O2/c1-25-11-10-24-33(5,6)32(25)23-20-30(18-16-28(4)36)13-9-12-29(17-15-27(3)35)19-22-31-21-14-26(2)34(31,7)8/h14-20,31H,9-13,21-24H2,1-8H3/b17-15+,18-16+,29-19+,30-20+/t31-/m1/s1. The summed E-state index contributed by atoms with van der Waals surface area (Å²) in [5, 5.41) is 0. The molecule has 1 atom stereocenters. The van der Waals surface area contributed by atoms with Crippen LogP contribution in [0.4, 0.5) is 0 Å². The zero-order valence-corrected chi connectivity index (χ0v) is 24.3. The van der Waals surface area contributed by atoms with E-state index in [2.05, 4.69) is 59.8 Å². The summed E-state index contributed by atoms with van der Waals surface area (Å²) in [6.07, 6.45) is 24.2. The van der Waals surface area contributed by atoms with Crippen LogP contribution in [0.3, 0.4) is 0 Å². The van der Waals surface area contributed by atoms with Gasteiger partial charge in [-0.25, -0.2) is 0 Å². The van der Waals surface area contributed by atoms with Gasteiger partial charge in [0.1, 0.15) is 0 Å². The van der Waals surface area contributed by atoms with E-state index in [1.807, 2.05) is 12.2 Å². The van der Waals surface area contributed by atoms with Crippen LogP contribution in [0.2, 0.25) is 0 Å². The van der Waals surface area contributed by atoms with Crippen molar-refractivity contribution in [3.05, 3.63) is 70.4 Å². The van der Waals surface area contributed by atoms with Crippen molar-refractivity contribution in [2.75, 3.05) is 0 Å². The van der Waals surface area contributed by atoms with Crippen LogP contribution in [-0.4, -0.2) is 11.6 Å². The Bertz CT molecular complexity index is 988. The Morgan fingerprint density at radius 1 is 0.917 bits per heavy atom. The highest BCUT2D eigenvalue weighted by molar-refractivity contribution is 5.88. The summed E-state index contributed by atoms with van der Waals surface area (Å²) < 4.78 is 0. The van der Waals surface area contributed by atoms with Crippen molar-refractivity contribution in [1.29, 1.82) is 0 Å². The van der Waals surface area contributed by atoms with E-state index < -0.39 is 0 Å². The van der Waals surface area contributed by atoms with Gasteiger partial charge >= 0.3 is 0 Å². The minimum Gasteiger partial charge on any atom is -0.295 e. The third-order valence-corrected chi connectivity index (χ3v) is 8.66. The number of hydrogen-bond acceptors (Lipinski definition) is 2. The Labute approximate surface area is 221 Å². The minimum atomic E-state index is 0.0855. The first-order chi connectivity index (χ1) is 16.8. The topological polar surface area (TPSA) is 34.1 Å². The molecule has 0 N–H and O–H groups in total. The fourth-order valence-electron chi connectivity index (χ4n) is 5.69. The Balaban J connectivity index is 2.12. The summed E-state index contributed by atoms with van der Waals surface area (Å²) >= 11 is 0. The number of rotatable bonds is 12. The summed E-state index contributed by atoms with van der Waals surface area (Å²) in [7, 11) is 0. The van der Waals surface area contributed by atoms with Gasteiger partial charge in [-0.1, -0.05) is 85.9 Å². The molecule has 0 bridgehead atoms. The quantitative estimate of drug-likeness (QED) is 0.155. The van der Waals surface area contributed by atoms with Crippen molar-refractivity contribution in [1.82, 2.24) is 0 Å². The molecular formula is C34H50O2. The lowest BCUT2D eigenvalue weighted by atomic mass is 9.71. The van der Waals surface area contributed by atoms with E-state index >= 15 is 0 Å². The molecule has 2 nitrogen and oxygen atoms in total. The number of ketones is 2. The normalized spacial score (nSPS) is 22.6. The Morgan fingerprint density at radius 2 is 1.50 bits per heavy atom. The van der Waals surface area contributed by atoms with Crippen LogP contribution in [0.25, 0.3) is 0 Å². The van der Waals surface area contributed by atoms with Crippen LogP contribution < -0.4 is 0 Å². The molecule has 0 fully saturated rings. The molecule has 0 radical (unpaired) electrons.